The molecule has 0 aromatic carbocycles. The van der Waals surface area contributed by atoms with Gasteiger partial charge in [-0.2, -0.15) is 0 Å². The first kappa shape index (κ1) is 16.2. The molecule has 20 heavy (non-hydrogen) atoms. The van der Waals surface area contributed by atoms with Gasteiger partial charge in [0.05, 0.1) is 18.0 Å². The summed E-state index contributed by atoms with van der Waals surface area (Å²) < 4.78 is 32.6. The number of morpholine rings is 1. The van der Waals surface area contributed by atoms with Crippen molar-refractivity contribution in [3.8, 4) is 0 Å². The van der Waals surface area contributed by atoms with Crippen LogP contribution in [0.3, 0.4) is 0 Å². The quantitative estimate of drug-likeness (QED) is 0.648. The number of likely N-dealkylation sites (N-methyl/N-ethyl adjacent to an activating group) is 1. The summed E-state index contributed by atoms with van der Waals surface area (Å²) in [5, 5.41) is 2.85. The van der Waals surface area contributed by atoms with Gasteiger partial charge in [0, 0.05) is 32.2 Å². The van der Waals surface area contributed by atoms with Crippen LogP contribution in [-0.4, -0.2) is 70.0 Å². The normalized spacial score (nSPS) is 26.6. The van der Waals surface area contributed by atoms with E-state index >= 15 is 0 Å². The fraction of sp³-hybridized carbons (Fsp3) is 1.00. The summed E-state index contributed by atoms with van der Waals surface area (Å²) in [6.07, 6.45) is 2.30. The van der Waals surface area contributed by atoms with Crippen LogP contribution in [0.5, 0.6) is 0 Å². The van der Waals surface area contributed by atoms with Gasteiger partial charge in [0.25, 0.3) is 0 Å². The molecule has 1 saturated carbocycles. The van der Waals surface area contributed by atoms with Crippen LogP contribution in [0.15, 0.2) is 0 Å². The number of hydrogen-bond acceptors (Lipinski definition) is 5. The zero-order valence-electron chi connectivity index (χ0n) is 12.5. The molecule has 1 heterocycles. The Bertz CT molecular complexity index is 398. The molecule has 2 fully saturated rings. The maximum atomic E-state index is 12.1. The molecule has 1 aliphatic heterocycles. The van der Waals surface area contributed by atoms with E-state index in [1.807, 2.05) is 0 Å². The van der Waals surface area contributed by atoms with E-state index in [0.717, 1.165) is 19.6 Å². The van der Waals surface area contributed by atoms with Crippen molar-refractivity contribution in [2.24, 2.45) is 0 Å². The van der Waals surface area contributed by atoms with Gasteiger partial charge in [0.1, 0.15) is 0 Å². The van der Waals surface area contributed by atoms with Crippen molar-refractivity contribution in [2.45, 2.75) is 44.1 Å². The molecular weight excluding hydrogens is 278 g/mol. The molecule has 2 rings (SSSR count). The molecule has 7 heteroatoms. The van der Waals surface area contributed by atoms with E-state index in [1.165, 1.54) is 12.8 Å². The van der Waals surface area contributed by atoms with Gasteiger partial charge in [-0.3, -0.25) is 4.90 Å². The van der Waals surface area contributed by atoms with Crippen molar-refractivity contribution >= 4 is 10.0 Å². The van der Waals surface area contributed by atoms with Crippen LogP contribution in [0.2, 0.25) is 0 Å². The Hall–Kier alpha value is -0.210. The lowest BCUT2D eigenvalue weighted by molar-refractivity contribution is -0.0229. The summed E-state index contributed by atoms with van der Waals surface area (Å²) >= 11 is 0. The number of rotatable bonds is 8. The molecule has 1 aliphatic carbocycles. The summed E-state index contributed by atoms with van der Waals surface area (Å²) in [5.41, 5.74) is 0. The zero-order chi connectivity index (χ0) is 14.6. The summed E-state index contributed by atoms with van der Waals surface area (Å²) in [7, 11) is -3.26. The molecule has 0 aromatic rings. The van der Waals surface area contributed by atoms with Crippen molar-refractivity contribution in [3.05, 3.63) is 0 Å². The largest absolute Gasteiger partial charge is 0.374 e. The minimum absolute atomic E-state index is 0.0398. The van der Waals surface area contributed by atoms with Crippen LogP contribution in [0.4, 0.5) is 0 Å². The first-order valence-electron chi connectivity index (χ1n) is 7.57. The predicted octanol–water partition coefficient (Wildman–Crippen LogP) is -0.233. The average molecular weight is 305 g/mol. The van der Waals surface area contributed by atoms with Crippen molar-refractivity contribution in [2.75, 3.05) is 39.3 Å². The number of ether oxygens (including phenoxy) is 1. The second kappa shape index (κ2) is 7.17. The lowest BCUT2D eigenvalue weighted by Gasteiger charge is -2.32. The molecular formula is C13H27N3O3S. The monoisotopic (exact) mass is 305 g/mol. The summed E-state index contributed by atoms with van der Waals surface area (Å²) in [6.45, 7) is 8.14. The Morgan fingerprint density at radius 2 is 2.15 bits per heavy atom. The second-order valence-corrected chi connectivity index (χ2v) is 7.96. The highest BCUT2D eigenvalue weighted by Gasteiger charge is 2.27. The third kappa shape index (κ3) is 4.96. The van der Waals surface area contributed by atoms with Gasteiger partial charge in [0.15, 0.2) is 0 Å². The van der Waals surface area contributed by atoms with E-state index in [4.69, 9.17) is 4.74 Å². The summed E-state index contributed by atoms with van der Waals surface area (Å²) in [4.78, 5) is 2.28. The standard InChI is InChI=1S/C13H27N3O3S/c1-3-16-6-7-19-13(10-16)9-15-20(17,18)11(2)8-14-12-4-5-12/h11-15H,3-10H2,1-2H3. The van der Waals surface area contributed by atoms with Gasteiger partial charge >= 0.3 is 0 Å². The van der Waals surface area contributed by atoms with Crippen LogP contribution in [0.25, 0.3) is 0 Å². The van der Waals surface area contributed by atoms with Crippen LogP contribution >= 0.6 is 0 Å². The Labute approximate surface area is 122 Å². The SMILES string of the molecule is CCN1CCOC(CNS(=O)(=O)C(C)CNC2CC2)C1. The highest BCUT2D eigenvalue weighted by molar-refractivity contribution is 7.90. The number of nitrogens with one attached hydrogen (secondary N) is 2. The minimum Gasteiger partial charge on any atom is -0.374 e. The number of hydrogen-bond donors (Lipinski definition) is 2. The summed E-state index contributed by atoms with van der Waals surface area (Å²) in [5.74, 6) is 0. The Morgan fingerprint density at radius 1 is 1.40 bits per heavy atom. The molecule has 2 atom stereocenters. The van der Waals surface area contributed by atoms with Crippen molar-refractivity contribution in [3.63, 3.8) is 0 Å². The Balaban J connectivity index is 1.72. The van der Waals surface area contributed by atoms with E-state index in [-0.39, 0.29) is 6.10 Å². The fourth-order valence-corrected chi connectivity index (χ4v) is 3.29. The van der Waals surface area contributed by atoms with Crippen LogP contribution in [0.1, 0.15) is 26.7 Å². The molecule has 0 aromatic heterocycles. The average Bonchev–Trinajstić information content (AvgIpc) is 3.27. The van der Waals surface area contributed by atoms with Crippen molar-refractivity contribution in [1.29, 1.82) is 0 Å². The maximum absolute atomic E-state index is 12.1. The molecule has 2 N–H and O–H groups in total. The van der Waals surface area contributed by atoms with Gasteiger partial charge in [-0.05, 0) is 26.3 Å². The summed E-state index contributed by atoms with van der Waals surface area (Å²) in [6, 6.07) is 0.535. The van der Waals surface area contributed by atoms with Gasteiger partial charge in [0.2, 0.25) is 10.0 Å². The highest BCUT2D eigenvalue weighted by atomic mass is 32.2. The molecule has 0 spiro atoms. The van der Waals surface area contributed by atoms with E-state index in [1.54, 1.807) is 6.92 Å². The molecule has 2 aliphatic rings. The molecule has 6 nitrogen and oxygen atoms in total. The molecule has 1 saturated heterocycles. The third-order valence-corrected chi connectivity index (χ3v) is 5.78. The van der Waals surface area contributed by atoms with E-state index in [9.17, 15) is 8.42 Å². The fourth-order valence-electron chi connectivity index (χ4n) is 2.27. The lowest BCUT2D eigenvalue weighted by Crippen LogP contribution is -2.49. The van der Waals surface area contributed by atoms with Crippen molar-refractivity contribution < 1.29 is 13.2 Å². The van der Waals surface area contributed by atoms with E-state index in [2.05, 4.69) is 21.9 Å². The minimum atomic E-state index is -3.26. The van der Waals surface area contributed by atoms with Crippen LogP contribution in [0, 0.1) is 0 Å². The van der Waals surface area contributed by atoms with Gasteiger partial charge in [-0.15, -0.1) is 0 Å². The van der Waals surface area contributed by atoms with Gasteiger partial charge in [-0.25, -0.2) is 13.1 Å². The number of nitrogens with zero attached hydrogens (tertiary/aromatic N) is 1. The lowest BCUT2D eigenvalue weighted by atomic mass is 10.3. The van der Waals surface area contributed by atoms with E-state index in [0.29, 0.717) is 25.7 Å². The smallest absolute Gasteiger partial charge is 0.215 e. The molecule has 2 unspecified atom stereocenters. The first-order valence-corrected chi connectivity index (χ1v) is 9.11. The predicted molar refractivity (Wildman–Crippen MR) is 79.3 cm³/mol. The Morgan fingerprint density at radius 3 is 2.80 bits per heavy atom. The number of sulfonamides is 1. The second-order valence-electron chi connectivity index (χ2n) is 5.77. The third-order valence-electron chi connectivity index (χ3n) is 3.98. The molecule has 118 valence electrons. The topological polar surface area (TPSA) is 70.7 Å². The molecule has 0 amide bonds. The van der Waals surface area contributed by atoms with Gasteiger partial charge in [-0.1, -0.05) is 6.92 Å². The molecule has 0 bridgehead atoms. The Kier molecular flexibility index (Phi) is 5.80. The van der Waals surface area contributed by atoms with Crippen molar-refractivity contribution in [1.82, 2.24) is 14.9 Å². The first-order chi connectivity index (χ1) is 9.51. The highest BCUT2D eigenvalue weighted by Crippen LogP contribution is 2.18. The van der Waals surface area contributed by atoms with Gasteiger partial charge < -0.3 is 10.1 Å². The van der Waals surface area contributed by atoms with E-state index < -0.39 is 15.3 Å². The van der Waals surface area contributed by atoms with Crippen LogP contribution in [-0.2, 0) is 14.8 Å². The zero-order valence-corrected chi connectivity index (χ0v) is 13.3. The maximum Gasteiger partial charge on any atom is 0.215 e. The molecule has 0 radical (unpaired) electrons. The van der Waals surface area contributed by atoms with Crippen LogP contribution < -0.4 is 10.0 Å².